The van der Waals surface area contributed by atoms with Crippen LogP contribution in [0.5, 0.6) is 0 Å². The average Bonchev–Trinajstić information content (AvgIpc) is 2.95. The fourth-order valence-electron chi connectivity index (χ4n) is 4.33. The number of ether oxygens (including phenoxy) is 1. The van der Waals surface area contributed by atoms with E-state index in [-0.39, 0.29) is 18.5 Å². The molecule has 0 aliphatic heterocycles. The molecule has 1 unspecified atom stereocenters. The maximum Gasteiger partial charge on any atom is 0.306 e. The predicted octanol–water partition coefficient (Wildman–Crippen LogP) is 11.2. The second-order valence-corrected chi connectivity index (χ2v) is 10.6. The highest BCUT2D eigenvalue weighted by atomic mass is 16.5. The number of hydrogen-bond donors (Lipinski definition) is 1. The predicted molar refractivity (Wildman–Crippen MR) is 176 cm³/mol. The van der Waals surface area contributed by atoms with Crippen LogP contribution in [-0.2, 0) is 14.3 Å². The number of aliphatic carboxylic acids is 1. The van der Waals surface area contributed by atoms with Crippen LogP contribution in [-0.4, -0.2) is 23.1 Å². The molecule has 0 bridgehead atoms. The van der Waals surface area contributed by atoms with Gasteiger partial charge in [0.1, 0.15) is 6.10 Å². The standard InChI is InChI=1S/C37H60O4/c1-3-5-7-9-11-12-13-14-15-16-17-18-19-20-21-22-23-25-30-34-37(40)41-35(31-27-24-10-8-6-4-2)32-28-26-29-33-36(38)39/h5,7,11-12,14-15,17-18,20-21,23,25,35H,3-4,6,8-10,13,16,19,22,24,26-34H2,1-2H3,(H,38,39)/b7-5-,12-11-,15-14-,18-17-,21-20-,25-23-. The lowest BCUT2D eigenvalue weighted by atomic mass is 10.0. The van der Waals surface area contributed by atoms with Gasteiger partial charge in [0.2, 0.25) is 0 Å². The number of unbranched alkanes of at least 4 members (excludes halogenated alkanes) is 7. The molecule has 0 aliphatic carbocycles. The van der Waals surface area contributed by atoms with Gasteiger partial charge in [-0.2, -0.15) is 0 Å². The van der Waals surface area contributed by atoms with Gasteiger partial charge in [0.05, 0.1) is 0 Å². The summed E-state index contributed by atoms with van der Waals surface area (Å²) < 4.78 is 5.82. The summed E-state index contributed by atoms with van der Waals surface area (Å²) in [5, 5.41) is 8.81. The molecule has 0 aromatic carbocycles. The van der Waals surface area contributed by atoms with Gasteiger partial charge in [-0.25, -0.2) is 0 Å². The third kappa shape index (κ3) is 31.8. The van der Waals surface area contributed by atoms with Crippen LogP contribution in [0.25, 0.3) is 0 Å². The quantitative estimate of drug-likeness (QED) is 0.0579. The van der Waals surface area contributed by atoms with Crippen LogP contribution in [0, 0.1) is 0 Å². The minimum atomic E-state index is -0.741. The smallest absolute Gasteiger partial charge is 0.306 e. The Morgan fingerprint density at radius 2 is 1.00 bits per heavy atom. The van der Waals surface area contributed by atoms with Crippen LogP contribution in [0.15, 0.2) is 72.9 Å². The molecule has 0 heterocycles. The highest BCUT2D eigenvalue weighted by Gasteiger charge is 2.14. The van der Waals surface area contributed by atoms with Crippen molar-refractivity contribution >= 4 is 11.9 Å². The zero-order chi connectivity index (χ0) is 30.1. The molecule has 0 fully saturated rings. The van der Waals surface area contributed by atoms with E-state index in [4.69, 9.17) is 9.84 Å². The van der Waals surface area contributed by atoms with E-state index in [2.05, 4.69) is 86.8 Å². The summed E-state index contributed by atoms with van der Waals surface area (Å²) >= 11 is 0. The van der Waals surface area contributed by atoms with Gasteiger partial charge in [-0.05, 0) is 77.0 Å². The summed E-state index contributed by atoms with van der Waals surface area (Å²) in [7, 11) is 0. The number of hydrogen-bond acceptors (Lipinski definition) is 3. The second-order valence-electron chi connectivity index (χ2n) is 10.6. The Morgan fingerprint density at radius 3 is 1.49 bits per heavy atom. The topological polar surface area (TPSA) is 63.6 Å². The van der Waals surface area contributed by atoms with E-state index >= 15 is 0 Å². The van der Waals surface area contributed by atoms with Gasteiger partial charge < -0.3 is 9.84 Å². The van der Waals surface area contributed by atoms with Gasteiger partial charge in [0, 0.05) is 12.8 Å². The SMILES string of the molecule is CC/C=C\C/C=C\C/C=C\C/C=C\C/C=C\C/C=C\CCC(=O)OC(CCCCCCCC)CCCCCC(=O)O. The van der Waals surface area contributed by atoms with Crippen molar-refractivity contribution in [2.45, 2.75) is 148 Å². The summed E-state index contributed by atoms with van der Waals surface area (Å²) in [5.41, 5.74) is 0. The van der Waals surface area contributed by atoms with Crippen LogP contribution in [0.2, 0.25) is 0 Å². The molecule has 0 aromatic heterocycles. The number of carbonyl (C=O) groups is 2. The number of carbonyl (C=O) groups excluding carboxylic acids is 1. The Balaban J connectivity index is 4.06. The highest BCUT2D eigenvalue weighted by molar-refractivity contribution is 5.69. The van der Waals surface area contributed by atoms with Crippen molar-refractivity contribution in [2.75, 3.05) is 0 Å². The van der Waals surface area contributed by atoms with Gasteiger partial charge in [-0.15, -0.1) is 0 Å². The number of allylic oxidation sites excluding steroid dienone is 12. The molecule has 0 saturated carbocycles. The van der Waals surface area contributed by atoms with Crippen molar-refractivity contribution < 1.29 is 19.4 Å². The molecular weight excluding hydrogens is 508 g/mol. The summed E-state index contributed by atoms with van der Waals surface area (Å²) in [6.45, 7) is 4.37. The molecule has 0 saturated heterocycles. The molecule has 0 rings (SSSR count). The molecule has 0 radical (unpaired) electrons. The maximum atomic E-state index is 12.4. The van der Waals surface area contributed by atoms with Crippen LogP contribution in [0.4, 0.5) is 0 Å². The molecule has 4 nitrogen and oxygen atoms in total. The first-order chi connectivity index (χ1) is 20.1. The van der Waals surface area contributed by atoms with Gasteiger partial charge in [0.25, 0.3) is 0 Å². The van der Waals surface area contributed by atoms with E-state index in [1.165, 1.54) is 32.1 Å². The molecule has 0 spiro atoms. The van der Waals surface area contributed by atoms with E-state index in [9.17, 15) is 9.59 Å². The van der Waals surface area contributed by atoms with Crippen LogP contribution in [0.1, 0.15) is 142 Å². The lowest BCUT2D eigenvalue weighted by Crippen LogP contribution is -2.18. The Labute approximate surface area is 252 Å². The largest absolute Gasteiger partial charge is 0.481 e. The Hall–Kier alpha value is -2.62. The minimum absolute atomic E-state index is 0.0382. The Morgan fingerprint density at radius 1 is 0.561 bits per heavy atom. The number of esters is 1. The number of carboxylic acid groups (broad SMARTS) is 1. The summed E-state index contributed by atoms with van der Waals surface area (Å²) in [6, 6.07) is 0. The Kier molecular flexibility index (Phi) is 29.9. The van der Waals surface area contributed by atoms with E-state index in [0.717, 1.165) is 70.6 Å². The fraction of sp³-hybridized carbons (Fsp3) is 0.622. The normalized spacial score (nSPS) is 13.2. The summed E-state index contributed by atoms with van der Waals surface area (Å²) in [6.07, 6.45) is 44.9. The van der Waals surface area contributed by atoms with Crippen LogP contribution in [0.3, 0.4) is 0 Å². The van der Waals surface area contributed by atoms with E-state index in [1.54, 1.807) is 0 Å². The van der Waals surface area contributed by atoms with Crippen molar-refractivity contribution in [3.05, 3.63) is 72.9 Å². The van der Waals surface area contributed by atoms with E-state index < -0.39 is 5.97 Å². The first-order valence-electron chi connectivity index (χ1n) is 16.4. The molecule has 0 amide bonds. The van der Waals surface area contributed by atoms with Crippen molar-refractivity contribution in [1.29, 1.82) is 0 Å². The van der Waals surface area contributed by atoms with Gasteiger partial charge in [-0.1, -0.05) is 125 Å². The molecule has 0 aromatic rings. The van der Waals surface area contributed by atoms with Crippen molar-refractivity contribution in [2.24, 2.45) is 0 Å². The lowest BCUT2D eigenvalue weighted by molar-refractivity contribution is -0.149. The number of carboxylic acids is 1. The van der Waals surface area contributed by atoms with E-state index in [0.29, 0.717) is 19.3 Å². The van der Waals surface area contributed by atoms with Crippen molar-refractivity contribution in [1.82, 2.24) is 0 Å². The van der Waals surface area contributed by atoms with Crippen LogP contribution >= 0.6 is 0 Å². The minimum Gasteiger partial charge on any atom is -0.481 e. The summed E-state index contributed by atoms with van der Waals surface area (Å²) in [4.78, 5) is 23.1. The van der Waals surface area contributed by atoms with E-state index in [1.807, 2.05) is 0 Å². The molecule has 1 N–H and O–H groups in total. The molecule has 0 aliphatic rings. The maximum absolute atomic E-state index is 12.4. The highest BCUT2D eigenvalue weighted by Crippen LogP contribution is 2.17. The Bertz CT molecular complexity index is 785. The first-order valence-corrected chi connectivity index (χ1v) is 16.4. The molecule has 41 heavy (non-hydrogen) atoms. The molecule has 4 heteroatoms. The zero-order valence-electron chi connectivity index (χ0n) is 26.3. The fourth-order valence-corrected chi connectivity index (χ4v) is 4.33. The zero-order valence-corrected chi connectivity index (χ0v) is 26.3. The molecular formula is C37H60O4. The average molecular weight is 569 g/mol. The van der Waals surface area contributed by atoms with Crippen molar-refractivity contribution in [3.63, 3.8) is 0 Å². The third-order valence-corrected chi connectivity index (χ3v) is 6.71. The molecule has 1 atom stereocenters. The van der Waals surface area contributed by atoms with Crippen LogP contribution < -0.4 is 0 Å². The lowest BCUT2D eigenvalue weighted by Gasteiger charge is -2.18. The second kappa shape index (κ2) is 31.9. The third-order valence-electron chi connectivity index (χ3n) is 6.71. The van der Waals surface area contributed by atoms with Gasteiger partial charge in [-0.3, -0.25) is 9.59 Å². The van der Waals surface area contributed by atoms with Crippen molar-refractivity contribution in [3.8, 4) is 0 Å². The first kappa shape index (κ1) is 38.4. The monoisotopic (exact) mass is 568 g/mol. The molecule has 232 valence electrons. The summed E-state index contributed by atoms with van der Waals surface area (Å²) in [5.74, 6) is -0.861. The number of rotatable bonds is 28. The van der Waals surface area contributed by atoms with Gasteiger partial charge in [0.15, 0.2) is 0 Å². The van der Waals surface area contributed by atoms with Gasteiger partial charge >= 0.3 is 11.9 Å².